The minimum absolute atomic E-state index is 0.549. The van der Waals surface area contributed by atoms with Gasteiger partial charge in [0.05, 0.1) is 12.1 Å². The zero-order chi connectivity index (χ0) is 20.4. The third-order valence-electron chi connectivity index (χ3n) is 4.25. The molecule has 2 aromatic carbocycles. The van der Waals surface area contributed by atoms with E-state index in [1.807, 2.05) is 37.4 Å². The molecule has 0 unspecified atom stereocenters. The topological polar surface area (TPSA) is 70.7 Å². The van der Waals surface area contributed by atoms with Crippen LogP contribution in [-0.2, 0) is 13.6 Å². The summed E-state index contributed by atoms with van der Waals surface area (Å²) in [4.78, 5) is 4.03. The van der Waals surface area contributed by atoms with E-state index in [4.69, 9.17) is 4.74 Å². The highest BCUT2D eigenvalue weighted by Gasteiger charge is 2.11. The summed E-state index contributed by atoms with van der Waals surface area (Å²) in [5.41, 5.74) is 7.12. The first-order valence-electron chi connectivity index (χ1n) is 9.33. The second kappa shape index (κ2) is 7.52. The Morgan fingerprint density at radius 1 is 1.10 bits per heavy atom. The molecule has 8 heteroatoms. The number of aryl methyl sites for hydroxylation is 1. The Kier molecular flexibility index (Phi) is 4.90. The van der Waals surface area contributed by atoms with Gasteiger partial charge in [-0.3, -0.25) is 0 Å². The summed E-state index contributed by atoms with van der Waals surface area (Å²) in [6.07, 6.45) is 3.22. The molecule has 0 saturated carbocycles. The lowest BCUT2D eigenvalue weighted by molar-refractivity contribution is 0.472. The molecule has 0 N–H and O–H groups in total. The number of rotatable bonds is 4. The maximum absolute atomic E-state index is 6.22. The molecule has 0 spiro atoms. The lowest BCUT2D eigenvalue weighted by atomic mass is 10.1. The van der Waals surface area contributed by atoms with Gasteiger partial charge in [-0.1, -0.05) is 30.8 Å². The average molecular weight is 403 g/mol. The molecule has 7 nitrogen and oxygen atoms in total. The summed E-state index contributed by atoms with van der Waals surface area (Å²) in [5, 5.41) is 12.4. The molecular weight excluding hydrogens is 380 g/mol. The van der Waals surface area contributed by atoms with E-state index >= 15 is 0 Å². The summed E-state index contributed by atoms with van der Waals surface area (Å²) in [7, 11) is 0.408. The Morgan fingerprint density at radius 3 is 2.72 bits per heavy atom. The van der Waals surface area contributed by atoms with Crippen LogP contribution >= 0.6 is 0 Å². The van der Waals surface area contributed by atoms with Crippen molar-refractivity contribution in [2.45, 2.75) is 26.2 Å². The van der Waals surface area contributed by atoms with Crippen molar-refractivity contribution in [3.05, 3.63) is 60.2 Å². The third kappa shape index (κ3) is 4.52. The van der Waals surface area contributed by atoms with Gasteiger partial charge in [0.25, 0.3) is 0 Å². The SMILES string of the molecule is Cn1nnc2ccc(Oc3ccc(C#C[Si](C)(C)C)cc3Cn3cncn3)cc21. The molecule has 2 heterocycles. The van der Waals surface area contributed by atoms with Crippen LogP contribution in [-0.4, -0.2) is 37.8 Å². The van der Waals surface area contributed by atoms with Gasteiger partial charge < -0.3 is 4.74 Å². The Labute approximate surface area is 170 Å². The van der Waals surface area contributed by atoms with Crippen LogP contribution < -0.4 is 4.74 Å². The monoisotopic (exact) mass is 402 g/mol. The molecular formula is C21H22N6OSi. The van der Waals surface area contributed by atoms with Crippen molar-refractivity contribution in [2.75, 3.05) is 0 Å². The Balaban J connectivity index is 1.69. The molecule has 0 fully saturated rings. The standard InChI is InChI=1S/C21H22N6OSi/c1-26-20-12-18(6-7-19(20)24-25-26)28-21-8-5-16(9-10-29(2,3)4)11-17(21)13-27-15-22-14-23-27/h5-8,11-12,14-15H,13H2,1-4H3. The predicted molar refractivity (Wildman–Crippen MR) is 114 cm³/mol. The fraction of sp³-hybridized carbons (Fsp3) is 0.238. The Bertz CT molecular complexity index is 1210. The van der Waals surface area contributed by atoms with Crippen LogP contribution in [0.4, 0.5) is 0 Å². The summed E-state index contributed by atoms with van der Waals surface area (Å²) in [6, 6.07) is 11.8. The van der Waals surface area contributed by atoms with E-state index in [0.29, 0.717) is 6.54 Å². The zero-order valence-corrected chi connectivity index (χ0v) is 17.9. The second-order valence-corrected chi connectivity index (χ2v) is 12.6. The zero-order valence-electron chi connectivity index (χ0n) is 16.9. The number of benzene rings is 2. The van der Waals surface area contributed by atoms with E-state index in [9.17, 15) is 0 Å². The first kappa shape index (κ1) is 18.9. The minimum atomic E-state index is -1.45. The quantitative estimate of drug-likeness (QED) is 0.385. The van der Waals surface area contributed by atoms with Crippen LogP contribution in [0.15, 0.2) is 49.1 Å². The molecule has 4 aromatic rings. The van der Waals surface area contributed by atoms with Gasteiger partial charge in [-0.2, -0.15) is 5.10 Å². The minimum Gasteiger partial charge on any atom is -0.457 e. The largest absolute Gasteiger partial charge is 0.457 e. The van der Waals surface area contributed by atoms with Crippen molar-refractivity contribution in [2.24, 2.45) is 7.05 Å². The molecule has 2 aromatic heterocycles. The maximum Gasteiger partial charge on any atom is 0.137 e. The molecule has 146 valence electrons. The van der Waals surface area contributed by atoms with Crippen molar-refractivity contribution in [1.29, 1.82) is 0 Å². The summed E-state index contributed by atoms with van der Waals surface area (Å²) in [5.74, 6) is 4.80. The molecule has 0 amide bonds. The van der Waals surface area contributed by atoms with Crippen LogP contribution in [0.25, 0.3) is 11.0 Å². The molecule has 0 aliphatic heterocycles. The van der Waals surface area contributed by atoms with Crippen LogP contribution in [0.5, 0.6) is 11.5 Å². The Morgan fingerprint density at radius 2 is 1.97 bits per heavy atom. The number of fused-ring (bicyclic) bond motifs is 1. The highest BCUT2D eigenvalue weighted by atomic mass is 28.3. The van der Waals surface area contributed by atoms with Crippen molar-refractivity contribution >= 4 is 19.1 Å². The fourth-order valence-electron chi connectivity index (χ4n) is 2.83. The molecule has 0 bridgehead atoms. The van der Waals surface area contributed by atoms with Gasteiger partial charge in [-0.05, 0) is 30.3 Å². The van der Waals surface area contributed by atoms with Crippen molar-refractivity contribution in [3.63, 3.8) is 0 Å². The van der Waals surface area contributed by atoms with Crippen LogP contribution in [0.3, 0.4) is 0 Å². The Hall–Kier alpha value is -3.44. The van der Waals surface area contributed by atoms with E-state index in [1.54, 1.807) is 15.7 Å². The van der Waals surface area contributed by atoms with Crippen LogP contribution in [0.1, 0.15) is 11.1 Å². The van der Waals surface area contributed by atoms with Crippen LogP contribution in [0.2, 0.25) is 19.6 Å². The molecule has 0 radical (unpaired) electrons. The van der Waals surface area contributed by atoms with E-state index in [0.717, 1.165) is 33.7 Å². The normalized spacial score (nSPS) is 11.3. The lowest BCUT2D eigenvalue weighted by Gasteiger charge is -2.12. The van der Waals surface area contributed by atoms with E-state index < -0.39 is 8.07 Å². The van der Waals surface area contributed by atoms with Gasteiger partial charge in [0.2, 0.25) is 0 Å². The van der Waals surface area contributed by atoms with E-state index in [2.05, 4.69) is 57.6 Å². The predicted octanol–water partition coefficient (Wildman–Crippen LogP) is 3.63. The van der Waals surface area contributed by atoms with Crippen molar-refractivity contribution < 1.29 is 4.74 Å². The van der Waals surface area contributed by atoms with Gasteiger partial charge in [-0.25, -0.2) is 14.3 Å². The highest BCUT2D eigenvalue weighted by molar-refractivity contribution is 6.83. The molecule has 29 heavy (non-hydrogen) atoms. The van der Waals surface area contributed by atoms with Gasteiger partial charge >= 0.3 is 0 Å². The number of aromatic nitrogens is 6. The van der Waals surface area contributed by atoms with Gasteiger partial charge in [0, 0.05) is 24.2 Å². The smallest absolute Gasteiger partial charge is 0.137 e. The lowest BCUT2D eigenvalue weighted by Crippen LogP contribution is -2.16. The molecule has 0 atom stereocenters. The van der Waals surface area contributed by atoms with Crippen molar-refractivity contribution in [1.82, 2.24) is 29.8 Å². The number of ether oxygens (including phenoxy) is 1. The first-order valence-corrected chi connectivity index (χ1v) is 12.8. The summed E-state index contributed by atoms with van der Waals surface area (Å²) >= 11 is 0. The maximum atomic E-state index is 6.22. The molecule has 0 aliphatic rings. The van der Waals surface area contributed by atoms with Gasteiger partial charge in [-0.15, -0.1) is 10.6 Å². The average Bonchev–Trinajstić information content (AvgIpc) is 3.31. The summed E-state index contributed by atoms with van der Waals surface area (Å²) < 4.78 is 9.72. The number of nitrogens with zero attached hydrogens (tertiary/aromatic N) is 6. The number of hydrogen-bond donors (Lipinski definition) is 0. The molecule has 4 rings (SSSR count). The molecule has 0 aliphatic carbocycles. The number of hydrogen-bond acceptors (Lipinski definition) is 5. The highest BCUT2D eigenvalue weighted by Crippen LogP contribution is 2.29. The summed E-state index contributed by atoms with van der Waals surface area (Å²) in [6.45, 7) is 7.25. The second-order valence-electron chi connectivity index (χ2n) is 7.88. The van der Waals surface area contributed by atoms with Crippen molar-refractivity contribution in [3.8, 4) is 23.0 Å². The van der Waals surface area contributed by atoms with Gasteiger partial charge in [0.15, 0.2) is 0 Å². The fourth-order valence-corrected chi connectivity index (χ4v) is 3.35. The molecule has 0 saturated heterocycles. The van der Waals surface area contributed by atoms with Gasteiger partial charge in [0.1, 0.15) is 37.7 Å². The third-order valence-corrected chi connectivity index (χ3v) is 5.13. The van der Waals surface area contributed by atoms with E-state index in [1.165, 1.54) is 6.33 Å². The van der Waals surface area contributed by atoms with Crippen LogP contribution in [0, 0.1) is 11.5 Å². The first-order chi connectivity index (χ1) is 13.9. The van der Waals surface area contributed by atoms with E-state index in [-0.39, 0.29) is 0 Å².